The summed E-state index contributed by atoms with van der Waals surface area (Å²) in [7, 11) is 0. The maximum Gasteiger partial charge on any atom is 0.0468 e. The van der Waals surface area contributed by atoms with Gasteiger partial charge in [-0.05, 0) is 43.9 Å². The van der Waals surface area contributed by atoms with Crippen molar-refractivity contribution < 1.29 is 4.74 Å². The number of nitrogens with one attached hydrogen (secondary N) is 1. The van der Waals surface area contributed by atoms with Crippen LogP contribution >= 0.6 is 0 Å². The van der Waals surface area contributed by atoms with Gasteiger partial charge in [0.1, 0.15) is 0 Å². The van der Waals surface area contributed by atoms with E-state index in [1.807, 2.05) is 0 Å². The predicted molar refractivity (Wildman–Crippen MR) is 61.2 cm³/mol. The minimum absolute atomic E-state index is 0.551. The van der Waals surface area contributed by atoms with Crippen LogP contribution in [0.5, 0.6) is 0 Å². The molecule has 0 bridgehead atoms. The van der Waals surface area contributed by atoms with Crippen molar-refractivity contribution in [2.75, 3.05) is 13.2 Å². The van der Waals surface area contributed by atoms with Gasteiger partial charge in [0.05, 0.1) is 0 Å². The third-order valence-electron chi connectivity index (χ3n) is 4.11. The summed E-state index contributed by atoms with van der Waals surface area (Å²) in [6, 6.07) is 0.551. The third-order valence-corrected chi connectivity index (χ3v) is 4.11. The molecule has 1 heterocycles. The van der Waals surface area contributed by atoms with E-state index < -0.39 is 0 Å². The quantitative estimate of drug-likeness (QED) is 0.552. The minimum atomic E-state index is 0.551. The zero-order valence-corrected chi connectivity index (χ0v) is 9.58. The minimum Gasteiger partial charge on any atom is -0.381 e. The van der Waals surface area contributed by atoms with Gasteiger partial charge in [0.25, 0.3) is 0 Å². The second-order valence-corrected chi connectivity index (χ2v) is 5.11. The zero-order chi connectivity index (χ0) is 10.5. The lowest BCUT2D eigenvalue weighted by Crippen LogP contribution is -2.42. The molecule has 3 nitrogen and oxygen atoms in total. The summed E-state index contributed by atoms with van der Waals surface area (Å²) in [5.74, 6) is 7.35. The highest BCUT2D eigenvalue weighted by Crippen LogP contribution is 2.31. The van der Waals surface area contributed by atoms with E-state index in [1.54, 1.807) is 0 Å². The largest absolute Gasteiger partial charge is 0.381 e. The van der Waals surface area contributed by atoms with Crippen molar-refractivity contribution in [3.8, 4) is 0 Å². The van der Waals surface area contributed by atoms with E-state index in [9.17, 15) is 0 Å². The van der Waals surface area contributed by atoms with E-state index in [2.05, 4.69) is 5.43 Å². The lowest BCUT2D eigenvalue weighted by Gasteiger charge is -2.29. The summed E-state index contributed by atoms with van der Waals surface area (Å²) in [4.78, 5) is 0. The molecule has 1 atom stereocenters. The molecule has 15 heavy (non-hydrogen) atoms. The van der Waals surface area contributed by atoms with Crippen LogP contribution in [0.3, 0.4) is 0 Å². The van der Waals surface area contributed by atoms with E-state index in [0.717, 1.165) is 25.0 Å². The molecule has 2 aliphatic rings. The van der Waals surface area contributed by atoms with Gasteiger partial charge >= 0.3 is 0 Å². The predicted octanol–water partition coefficient (Wildman–Crippen LogP) is 1.83. The van der Waals surface area contributed by atoms with Crippen molar-refractivity contribution in [2.45, 2.75) is 51.0 Å². The highest BCUT2D eigenvalue weighted by atomic mass is 16.5. The first kappa shape index (κ1) is 11.4. The van der Waals surface area contributed by atoms with Crippen LogP contribution in [0.15, 0.2) is 0 Å². The first-order valence-electron chi connectivity index (χ1n) is 6.44. The first-order chi connectivity index (χ1) is 7.40. The molecule has 1 saturated carbocycles. The molecule has 3 N–H and O–H groups in total. The molecular formula is C12H24N2O. The van der Waals surface area contributed by atoms with Crippen molar-refractivity contribution in [3.05, 3.63) is 0 Å². The van der Waals surface area contributed by atoms with Crippen LogP contribution < -0.4 is 11.3 Å². The van der Waals surface area contributed by atoms with Crippen molar-refractivity contribution in [3.63, 3.8) is 0 Å². The van der Waals surface area contributed by atoms with Crippen LogP contribution in [0, 0.1) is 11.8 Å². The van der Waals surface area contributed by atoms with Crippen LogP contribution in [-0.2, 0) is 4.74 Å². The number of nitrogens with two attached hydrogens (primary N) is 1. The SMILES string of the molecule is NNC(CC1CCOCC1)C1CCCC1. The van der Waals surface area contributed by atoms with E-state index >= 15 is 0 Å². The summed E-state index contributed by atoms with van der Waals surface area (Å²) in [5.41, 5.74) is 3.05. The number of ether oxygens (including phenoxy) is 1. The first-order valence-corrected chi connectivity index (χ1v) is 6.44. The van der Waals surface area contributed by atoms with Gasteiger partial charge in [-0.2, -0.15) is 0 Å². The Hall–Kier alpha value is -0.120. The molecule has 0 spiro atoms. The second-order valence-electron chi connectivity index (χ2n) is 5.11. The van der Waals surface area contributed by atoms with Crippen molar-refractivity contribution in [1.82, 2.24) is 5.43 Å². The Kier molecular flexibility index (Phi) is 4.42. The average Bonchev–Trinajstić information content (AvgIpc) is 2.81. The molecule has 2 fully saturated rings. The molecule has 1 unspecified atom stereocenters. The van der Waals surface area contributed by atoms with Crippen LogP contribution in [0.4, 0.5) is 0 Å². The van der Waals surface area contributed by atoms with Gasteiger partial charge in [-0.1, -0.05) is 12.8 Å². The lowest BCUT2D eigenvalue weighted by atomic mass is 9.86. The normalized spacial score (nSPS) is 27.0. The molecule has 1 saturated heterocycles. The average molecular weight is 212 g/mol. The lowest BCUT2D eigenvalue weighted by molar-refractivity contribution is 0.0579. The molecule has 1 aliphatic carbocycles. The standard InChI is InChI=1S/C12H24N2O/c13-14-12(11-3-1-2-4-11)9-10-5-7-15-8-6-10/h10-12,14H,1-9,13H2. The summed E-state index contributed by atoms with van der Waals surface area (Å²) >= 11 is 0. The summed E-state index contributed by atoms with van der Waals surface area (Å²) in [5, 5.41) is 0. The Labute approximate surface area is 92.7 Å². The van der Waals surface area contributed by atoms with Crippen molar-refractivity contribution >= 4 is 0 Å². The van der Waals surface area contributed by atoms with Gasteiger partial charge in [-0.3, -0.25) is 11.3 Å². The number of hydrazine groups is 1. The van der Waals surface area contributed by atoms with Crippen LogP contribution in [-0.4, -0.2) is 19.3 Å². The maximum atomic E-state index is 5.69. The smallest absolute Gasteiger partial charge is 0.0468 e. The Morgan fingerprint density at radius 1 is 1.13 bits per heavy atom. The van der Waals surface area contributed by atoms with E-state index in [-0.39, 0.29) is 0 Å². The Balaban J connectivity index is 1.78. The van der Waals surface area contributed by atoms with Crippen LogP contribution in [0.2, 0.25) is 0 Å². The second kappa shape index (κ2) is 5.83. The number of hydrogen-bond donors (Lipinski definition) is 2. The van der Waals surface area contributed by atoms with Gasteiger partial charge in [0, 0.05) is 19.3 Å². The third kappa shape index (κ3) is 3.16. The monoisotopic (exact) mass is 212 g/mol. The molecule has 0 aromatic carbocycles. The molecule has 3 heteroatoms. The number of rotatable bonds is 4. The molecule has 88 valence electrons. The van der Waals surface area contributed by atoms with E-state index in [0.29, 0.717) is 6.04 Å². The van der Waals surface area contributed by atoms with E-state index in [4.69, 9.17) is 10.6 Å². The van der Waals surface area contributed by atoms with Gasteiger partial charge in [0.15, 0.2) is 0 Å². The Bertz CT molecular complexity index is 174. The molecule has 0 aromatic heterocycles. The molecule has 1 aliphatic heterocycles. The molecule has 0 radical (unpaired) electrons. The van der Waals surface area contributed by atoms with Gasteiger partial charge in [-0.15, -0.1) is 0 Å². The number of hydrogen-bond acceptors (Lipinski definition) is 3. The summed E-state index contributed by atoms with van der Waals surface area (Å²) in [6.07, 6.45) is 9.25. The van der Waals surface area contributed by atoms with E-state index in [1.165, 1.54) is 44.9 Å². The van der Waals surface area contributed by atoms with Crippen LogP contribution in [0.1, 0.15) is 44.9 Å². The Morgan fingerprint density at radius 3 is 2.40 bits per heavy atom. The fourth-order valence-electron chi connectivity index (χ4n) is 3.10. The highest BCUT2D eigenvalue weighted by Gasteiger charge is 2.27. The Morgan fingerprint density at radius 2 is 1.80 bits per heavy atom. The van der Waals surface area contributed by atoms with Gasteiger partial charge < -0.3 is 4.74 Å². The maximum absolute atomic E-state index is 5.69. The molecule has 2 rings (SSSR count). The molecule has 0 aromatic rings. The van der Waals surface area contributed by atoms with Gasteiger partial charge in [0.2, 0.25) is 0 Å². The van der Waals surface area contributed by atoms with Crippen LogP contribution in [0.25, 0.3) is 0 Å². The summed E-state index contributed by atoms with van der Waals surface area (Å²) < 4.78 is 5.39. The fourth-order valence-corrected chi connectivity index (χ4v) is 3.10. The van der Waals surface area contributed by atoms with Crippen molar-refractivity contribution in [1.29, 1.82) is 0 Å². The zero-order valence-electron chi connectivity index (χ0n) is 9.58. The van der Waals surface area contributed by atoms with Crippen molar-refractivity contribution in [2.24, 2.45) is 17.7 Å². The van der Waals surface area contributed by atoms with Gasteiger partial charge in [-0.25, -0.2) is 0 Å². The molecule has 0 amide bonds. The molecular weight excluding hydrogens is 188 g/mol. The fraction of sp³-hybridized carbons (Fsp3) is 1.00. The topological polar surface area (TPSA) is 47.3 Å². The highest BCUT2D eigenvalue weighted by molar-refractivity contribution is 4.81. The summed E-state index contributed by atoms with van der Waals surface area (Å²) in [6.45, 7) is 1.90.